The molecule has 1 heterocycles. The smallest absolute Gasteiger partial charge is 0.238 e. The Balaban J connectivity index is 1.91. The van der Waals surface area contributed by atoms with Gasteiger partial charge in [0.05, 0.1) is 4.90 Å². The molecule has 0 saturated heterocycles. The van der Waals surface area contributed by atoms with E-state index in [4.69, 9.17) is 5.14 Å². The fraction of sp³-hybridized carbons (Fsp3) is 0.182. The van der Waals surface area contributed by atoms with Gasteiger partial charge in [0.1, 0.15) is 0 Å². The van der Waals surface area contributed by atoms with E-state index in [-0.39, 0.29) is 4.90 Å². The molecule has 28 heavy (non-hydrogen) atoms. The van der Waals surface area contributed by atoms with Crippen LogP contribution in [-0.2, 0) is 16.6 Å². The zero-order chi connectivity index (χ0) is 19.9. The first-order valence-corrected chi connectivity index (χ1v) is 10.7. The molecule has 5 nitrogen and oxygen atoms in total. The summed E-state index contributed by atoms with van der Waals surface area (Å²) in [4.78, 5) is 2.30. The first-order valence-electron chi connectivity index (χ1n) is 9.13. The summed E-state index contributed by atoms with van der Waals surface area (Å²) in [7, 11) is 0.259. The molecular formula is C22H23N3O2S. The molecular weight excluding hydrogens is 370 g/mol. The van der Waals surface area contributed by atoms with E-state index in [1.54, 1.807) is 12.1 Å². The predicted molar refractivity (Wildman–Crippen MR) is 115 cm³/mol. The molecule has 6 heteroatoms. The number of rotatable bonds is 5. The molecule has 1 aromatic heterocycles. The highest BCUT2D eigenvalue weighted by Crippen LogP contribution is 2.36. The molecule has 0 saturated carbocycles. The van der Waals surface area contributed by atoms with Crippen molar-refractivity contribution in [3.05, 3.63) is 66.9 Å². The largest absolute Gasteiger partial charge is 0.346 e. The van der Waals surface area contributed by atoms with Gasteiger partial charge >= 0.3 is 0 Å². The number of likely N-dealkylation sites (N-methyl/N-ethyl adjacent to an activating group) is 1. The molecule has 0 fully saturated rings. The summed E-state index contributed by atoms with van der Waals surface area (Å²) in [6, 6.07) is 19.3. The van der Waals surface area contributed by atoms with Crippen molar-refractivity contribution in [2.75, 3.05) is 20.6 Å². The van der Waals surface area contributed by atoms with Crippen LogP contribution in [0, 0.1) is 0 Å². The third-order valence-electron chi connectivity index (χ3n) is 5.05. The van der Waals surface area contributed by atoms with Crippen molar-refractivity contribution in [3.8, 4) is 11.1 Å². The third kappa shape index (κ3) is 3.42. The molecule has 0 aliphatic rings. The second-order valence-corrected chi connectivity index (χ2v) is 8.82. The summed E-state index contributed by atoms with van der Waals surface area (Å²) in [6.45, 7) is 1.84. The fourth-order valence-electron chi connectivity index (χ4n) is 3.64. The lowest BCUT2D eigenvalue weighted by Crippen LogP contribution is -2.17. The Kier molecular flexibility index (Phi) is 4.71. The van der Waals surface area contributed by atoms with Gasteiger partial charge in [-0.2, -0.15) is 0 Å². The molecule has 3 aromatic carbocycles. The lowest BCUT2D eigenvalue weighted by Gasteiger charge is -2.14. The first kappa shape index (κ1) is 18.7. The van der Waals surface area contributed by atoms with Gasteiger partial charge in [-0.1, -0.05) is 36.4 Å². The summed E-state index contributed by atoms with van der Waals surface area (Å²) >= 11 is 0. The highest BCUT2D eigenvalue weighted by Gasteiger charge is 2.18. The highest BCUT2D eigenvalue weighted by atomic mass is 32.2. The van der Waals surface area contributed by atoms with Gasteiger partial charge in [-0.25, -0.2) is 13.6 Å². The standard InChI is InChI=1S/C22H23N3O2S/c1-24(2)13-14-25-12-11-17-15-18(7-9-20(17)25)22-19-6-4-3-5-16(19)8-10-21(22)28(23,26)27/h3-12,15H,13-14H2,1-2H3,(H2,23,26,27). The van der Waals surface area contributed by atoms with Crippen molar-refractivity contribution in [1.29, 1.82) is 0 Å². The Morgan fingerprint density at radius 1 is 0.964 bits per heavy atom. The predicted octanol–water partition coefficient (Wildman–Crippen LogP) is 3.67. The molecule has 0 amide bonds. The zero-order valence-corrected chi connectivity index (χ0v) is 16.8. The SMILES string of the molecule is CN(C)CCn1ccc2cc(-c3c(S(N)(=O)=O)ccc4ccccc34)ccc21. The van der Waals surface area contributed by atoms with Crippen LogP contribution in [0.2, 0.25) is 0 Å². The van der Waals surface area contributed by atoms with E-state index < -0.39 is 10.0 Å². The van der Waals surface area contributed by atoms with Crippen molar-refractivity contribution in [2.24, 2.45) is 5.14 Å². The highest BCUT2D eigenvalue weighted by molar-refractivity contribution is 7.89. The summed E-state index contributed by atoms with van der Waals surface area (Å²) in [5, 5.41) is 8.46. The molecule has 2 N–H and O–H groups in total. The Hall–Kier alpha value is -2.67. The summed E-state index contributed by atoms with van der Waals surface area (Å²) in [5.41, 5.74) is 2.63. The van der Waals surface area contributed by atoms with E-state index in [1.165, 1.54) is 0 Å². The van der Waals surface area contributed by atoms with Crippen LogP contribution in [0.15, 0.2) is 71.8 Å². The van der Waals surface area contributed by atoms with Gasteiger partial charge in [0.2, 0.25) is 10.0 Å². The summed E-state index contributed by atoms with van der Waals surface area (Å²) in [5.74, 6) is 0. The van der Waals surface area contributed by atoms with Gasteiger partial charge in [-0.15, -0.1) is 0 Å². The van der Waals surface area contributed by atoms with Gasteiger partial charge in [-0.3, -0.25) is 0 Å². The van der Waals surface area contributed by atoms with Gasteiger partial charge < -0.3 is 9.47 Å². The molecule has 0 aliphatic heterocycles. The number of benzene rings is 3. The molecule has 0 aliphatic carbocycles. The molecule has 0 radical (unpaired) electrons. The molecule has 4 rings (SSSR count). The second kappa shape index (κ2) is 7.05. The molecule has 0 atom stereocenters. The van der Waals surface area contributed by atoms with E-state index in [0.29, 0.717) is 5.56 Å². The van der Waals surface area contributed by atoms with Crippen molar-refractivity contribution in [1.82, 2.24) is 9.47 Å². The van der Waals surface area contributed by atoms with Gasteiger partial charge in [-0.05, 0) is 54.7 Å². The molecule has 0 unspecified atom stereocenters. The van der Waals surface area contributed by atoms with Crippen LogP contribution in [0.3, 0.4) is 0 Å². The lowest BCUT2D eigenvalue weighted by molar-refractivity contribution is 0.387. The maximum Gasteiger partial charge on any atom is 0.238 e. The van der Waals surface area contributed by atoms with Crippen molar-refractivity contribution in [2.45, 2.75) is 11.4 Å². The maximum absolute atomic E-state index is 12.3. The van der Waals surface area contributed by atoms with Gasteiger partial charge in [0.15, 0.2) is 0 Å². The number of aromatic nitrogens is 1. The molecule has 4 aromatic rings. The van der Waals surface area contributed by atoms with Crippen LogP contribution >= 0.6 is 0 Å². The zero-order valence-electron chi connectivity index (χ0n) is 16.0. The second-order valence-electron chi connectivity index (χ2n) is 7.29. The molecule has 0 bridgehead atoms. The van der Waals surface area contributed by atoms with Crippen LogP contribution in [0.1, 0.15) is 0 Å². The molecule has 144 valence electrons. The topological polar surface area (TPSA) is 68.3 Å². The maximum atomic E-state index is 12.3. The fourth-order valence-corrected chi connectivity index (χ4v) is 4.41. The van der Waals surface area contributed by atoms with Crippen LogP contribution < -0.4 is 5.14 Å². The number of sulfonamides is 1. The summed E-state index contributed by atoms with van der Waals surface area (Å²) in [6.07, 6.45) is 2.07. The van der Waals surface area contributed by atoms with Crippen molar-refractivity contribution < 1.29 is 8.42 Å². The third-order valence-corrected chi connectivity index (χ3v) is 6.00. The number of nitrogens with two attached hydrogens (primary N) is 1. The van der Waals surface area contributed by atoms with E-state index in [0.717, 1.165) is 40.3 Å². The van der Waals surface area contributed by atoms with Crippen LogP contribution in [0.25, 0.3) is 32.8 Å². The number of fused-ring (bicyclic) bond motifs is 2. The van der Waals surface area contributed by atoms with E-state index >= 15 is 0 Å². The minimum absolute atomic E-state index is 0.151. The number of primary sulfonamides is 1. The van der Waals surface area contributed by atoms with Crippen LogP contribution in [-0.4, -0.2) is 38.5 Å². The van der Waals surface area contributed by atoms with E-state index in [2.05, 4.69) is 41.9 Å². The number of hydrogen-bond acceptors (Lipinski definition) is 3. The normalized spacial score (nSPS) is 12.3. The Labute approximate surface area is 165 Å². The molecule has 0 spiro atoms. The summed E-state index contributed by atoms with van der Waals surface area (Å²) < 4.78 is 26.7. The van der Waals surface area contributed by atoms with Gasteiger partial charge in [0, 0.05) is 35.8 Å². The number of hydrogen-bond donors (Lipinski definition) is 1. The Morgan fingerprint density at radius 3 is 2.50 bits per heavy atom. The Bertz CT molecular complexity index is 1270. The van der Waals surface area contributed by atoms with Crippen molar-refractivity contribution >= 4 is 31.7 Å². The van der Waals surface area contributed by atoms with E-state index in [9.17, 15) is 8.42 Å². The van der Waals surface area contributed by atoms with E-state index in [1.807, 2.05) is 36.4 Å². The average molecular weight is 394 g/mol. The quantitative estimate of drug-likeness (QED) is 0.562. The Morgan fingerprint density at radius 2 is 1.75 bits per heavy atom. The average Bonchev–Trinajstić information content (AvgIpc) is 3.06. The van der Waals surface area contributed by atoms with Crippen LogP contribution in [0.4, 0.5) is 0 Å². The minimum atomic E-state index is -3.85. The lowest BCUT2D eigenvalue weighted by atomic mass is 9.97. The minimum Gasteiger partial charge on any atom is -0.346 e. The number of nitrogens with zero attached hydrogens (tertiary/aromatic N) is 2. The first-order chi connectivity index (χ1) is 13.3. The van der Waals surface area contributed by atoms with Crippen LogP contribution in [0.5, 0.6) is 0 Å². The van der Waals surface area contributed by atoms with Crippen molar-refractivity contribution in [3.63, 3.8) is 0 Å². The monoisotopic (exact) mass is 393 g/mol. The van der Waals surface area contributed by atoms with Gasteiger partial charge in [0.25, 0.3) is 0 Å².